The molecule has 0 aromatic heterocycles. The van der Waals surface area contributed by atoms with Crippen LogP contribution in [-0.4, -0.2) is 71.6 Å². The van der Waals surface area contributed by atoms with Crippen LogP contribution in [0.25, 0.3) is 0 Å². The Morgan fingerprint density at radius 3 is 3.05 bits per heavy atom. The van der Waals surface area contributed by atoms with Crippen molar-refractivity contribution < 1.29 is 29.2 Å². The molecule has 3 aliphatic heterocycles. The van der Waals surface area contributed by atoms with Crippen LogP contribution in [0.5, 0.6) is 0 Å². The number of carbonyl (C=O) groups excluding carboxylic acids is 1. The number of nitrogens with zero attached hydrogens (tertiary/aromatic N) is 1. The zero-order valence-electron chi connectivity index (χ0n) is 10.8. The van der Waals surface area contributed by atoms with E-state index in [1.807, 2.05) is 0 Å². The van der Waals surface area contributed by atoms with Gasteiger partial charge in [0.15, 0.2) is 12.4 Å². The molecule has 7 nitrogen and oxygen atoms in total. The first kappa shape index (κ1) is 13.1. The van der Waals surface area contributed by atoms with Gasteiger partial charge in [0, 0.05) is 13.7 Å². The Kier molecular flexibility index (Phi) is 3.17. The van der Waals surface area contributed by atoms with Crippen molar-refractivity contribution in [2.45, 2.75) is 49.4 Å². The SMILES string of the molecule is CO[C@@H]1O[C@H]([C@H](O)CO)[C@@]23CCCCN2C(=O)O[C@@H]13. The quantitative estimate of drug-likeness (QED) is 0.717. The lowest BCUT2D eigenvalue weighted by Gasteiger charge is -2.43. The molecule has 1 amide bonds. The van der Waals surface area contributed by atoms with E-state index >= 15 is 0 Å². The van der Waals surface area contributed by atoms with Gasteiger partial charge in [0.2, 0.25) is 0 Å². The summed E-state index contributed by atoms with van der Waals surface area (Å²) in [5.41, 5.74) is -0.710. The minimum absolute atomic E-state index is 0.384. The Morgan fingerprint density at radius 1 is 1.58 bits per heavy atom. The highest BCUT2D eigenvalue weighted by Gasteiger charge is 2.69. The van der Waals surface area contributed by atoms with Crippen LogP contribution in [0.1, 0.15) is 19.3 Å². The monoisotopic (exact) mass is 273 g/mol. The molecule has 0 unspecified atom stereocenters. The van der Waals surface area contributed by atoms with Crippen molar-refractivity contribution in [1.82, 2.24) is 4.90 Å². The third-order valence-electron chi connectivity index (χ3n) is 4.44. The molecule has 3 aliphatic rings. The normalized spacial score (nSPS) is 42.8. The maximum absolute atomic E-state index is 12.0. The predicted octanol–water partition coefficient (Wildman–Crippen LogP) is -0.546. The van der Waals surface area contributed by atoms with Gasteiger partial charge in [-0.05, 0) is 19.3 Å². The third kappa shape index (κ3) is 1.62. The molecule has 0 saturated carbocycles. The van der Waals surface area contributed by atoms with Gasteiger partial charge < -0.3 is 24.4 Å². The van der Waals surface area contributed by atoms with Crippen LogP contribution in [0, 0.1) is 0 Å². The van der Waals surface area contributed by atoms with E-state index in [1.54, 1.807) is 4.90 Å². The van der Waals surface area contributed by atoms with Crippen LogP contribution in [0.3, 0.4) is 0 Å². The summed E-state index contributed by atoms with van der Waals surface area (Å²) in [4.78, 5) is 13.6. The molecule has 0 radical (unpaired) electrons. The van der Waals surface area contributed by atoms with Crippen LogP contribution >= 0.6 is 0 Å². The number of rotatable bonds is 3. The second-order valence-corrected chi connectivity index (χ2v) is 5.32. The van der Waals surface area contributed by atoms with E-state index in [0.29, 0.717) is 13.0 Å². The van der Waals surface area contributed by atoms with Gasteiger partial charge in [0.25, 0.3) is 0 Å². The molecular formula is C12H19NO6. The molecule has 0 aliphatic carbocycles. The average Bonchev–Trinajstić information content (AvgIpc) is 2.88. The van der Waals surface area contributed by atoms with Crippen LogP contribution in [0.2, 0.25) is 0 Å². The van der Waals surface area contributed by atoms with Crippen molar-refractivity contribution >= 4 is 6.09 Å². The molecule has 3 rings (SSSR count). The van der Waals surface area contributed by atoms with Gasteiger partial charge >= 0.3 is 6.09 Å². The zero-order chi connectivity index (χ0) is 13.6. The summed E-state index contributed by atoms with van der Waals surface area (Å²) >= 11 is 0. The number of piperidine rings is 1. The number of aliphatic hydroxyl groups excluding tert-OH is 2. The second-order valence-electron chi connectivity index (χ2n) is 5.32. The Labute approximate surface area is 111 Å². The molecule has 0 aromatic rings. The van der Waals surface area contributed by atoms with Crippen molar-refractivity contribution in [1.29, 1.82) is 0 Å². The molecular weight excluding hydrogens is 254 g/mol. The largest absolute Gasteiger partial charge is 0.438 e. The maximum Gasteiger partial charge on any atom is 0.411 e. The minimum atomic E-state index is -1.06. The summed E-state index contributed by atoms with van der Waals surface area (Å²) in [7, 11) is 1.48. The molecule has 0 aromatic carbocycles. The maximum atomic E-state index is 12.0. The first-order chi connectivity index (χ1) is 9.15. The number of hydrogen-bond acceptors (Lipinski definition) is 6. The van der Waals surface area contributed by atoms with Gasteiger partial charge in [-0.25, -0.2) is 4.79 Å². The standard InChI is InChI=1S/C12H19NO6/c1-17-10-9-12(8(18-10)7(15)6-14)4-2-3-5-13(12)11(16)19-9/h7-10,14-15H,2-6H2,1H3/t7-,8-,9+,10-,12-/m1/s1. The fourth-order valence-corrected chi connectivity index (χ4v) is 3.63. The Bertz CT molecular complexity index is 377. The Balaban J connectivity index is 2.00. The molecule has 1 spiro atoms. The number of ether oxygens (including phenoxy) is 3. The first-order valence-electron chi connectivity index (χ1n) is 6.60. The predicted molar refractivity (Wildman–Crippen MR) is 62.3 cm³/mol. The van der Waals surface area contributed by atoms with E-state index in [1.165, 1.54) is 7.11 Å². The fourth-order valence-electron chi connectivity index (χ4n) is 3.63. The van der Waals surface area contributed by atoms with Crippen LogP contribution in [0.4, 0.5) is 4.79 Å². The van der Waals surface area contributed by atoms with Crippen molar-refractivity contribution in [3.05, 3.63) is 0 Å². The highest BCUT2D eigenvalue weighted by Crippen LogP contribution is 2.49. The molecule has 5 atom stereocenters. The van der Waals surface area contributed by atoms with Crippen LogP contribution in [-0.2, 0) is 14.2 Å². The van der Waals surface area contributed by atoms with Gasteiger partial charge in [0.05, 0.1) is 6.61 Å². The third-order valence-corrected chi connectivity index (χ3v) is 4.44. The number of hydrogen-bond donors (Lipinski definition) is 2. The summed E-state index contributed by atoms with van der Waals surface area (Å²) < 4.78 is 16.3. The summed E-state index contributed by atoms with van der Waals surface area (Å²) in [5, 5.41) is 19.2. The summed E-state index contributed by atoms with van der Waals surface area (Å²) in [6, 6.07) is 0. The van der Waals surface area contributed by atoms with E-state index in [2.05, 4.69) is 0 Å². The molecule has 3 fully saturated rings. The molecule has 3 saturated heterocycles. The summed E-state index contributed by atoms with van der Waals surface area (Å²) in [6.45, 7) is 0.168. The van der Waals surface area contributed by atoms with Crippen molar-refractivity contribution in [2.75, 3.05) is 20.3 Å². The van der Waals surface area contributed by atoms with E-state index in [4.69, 9.17) is 14.2 Å². The number of methoxy groups -OCH3 is 1. The highest BCUT2D eigenvalue weighted by atomic mass is 16.7. The second kappa shape index (κ2) is 4.59. The van der Waals surface area contributed by atoms with E-state index in [-0.39, 0.29) is 6.09 Å². The Hall–Kier alpha value is -0.890. The van der Waals surface area contributed by atoms with Crippen molar-refractivity contribution in [3.8, 4) is 0 Å². The highest BCUT2D eigenvalue weighted by molar-refractivity contribution is 5.73. The topological polar surface area (TPSA) is 88.5 Å². The molecule has 19 heavy (non-hydrogen) atoms. The Morgan fingerprint density at radius 2 is 2.37 bits per heavy atom. The van der Waals surface area contributed by atoms with Crippen LogP contribution < -0.4 is 0 Å². The van der Waals surface area contributed by atoms with Gasteiger partial charge in [-0.1, -0.05) is 0 Å². The summed E-state index contributed by atoms with van der Waals surface area (Å²) in [6.07, 6.45) is -0.844. The number of aliphatic hydroxyl groups is 2. The lowest BCUT2D eigenvalue weighted by atomic mass is 9.78. The van der Waals surface area contributed by atoms with E-state index in [0.717, 1.165) is 12.8 Å². The smallest absolute Gasteiger partial charge is 0.411 e. The molecule has 7 heteroatoms. The van der Waals surface area contributed by atoms with Gasteiger partial charge in [-0.3, -0.25) is 4.90 Å². The molecule has 0 bridgehead atoms. The number of carbonyl (C=O) groups is 1. The van der Waals surface area contributed by atoms with Gasteiger partial charge in [-0.15, -0.1) is 0 Å². The van der Waals surface area contributed by atoms with Crippen molar-refractivity contribution in [3.63, 3.8) is 0 Å². The van der Waals surface area contributed by atoms with Gasteiger partial charge in [-0.2, -0.15) is 0 Å². The van der Waals surface area contributed by atoms with E-state index in [9.17, 15) is 15.0 Å². The fraction of sp³-hybridized carbons (Fsp3) is 0.917. The van der Waals surface area contributed by atoms with Gasteiger partial charge in [0.1, 0.15) is 17.7 Å². The first-order valence-corrected chi connectivity index (χ1v) is 6.60. The van der Waals surface area contributed by atoms with Crippen LogP contribution in [0.15, 0.2) is 0 Å². The lowest BCUT2D eigenvalue weighted by Crippen LogP contribution is -2.61. The summed E-state index contributed by atoms with van der Waals surface area (Å²) in [5.74, 6) is 0. The van der Waals surface area contributed by atoms with Crippen molar-refractivity contribution in [2.24, 2.45) is 0 Å². The number of amides is 1. The minimum Gasteiger partial charge on any atom is -0.438 e. The zero-order valence-corrected chi connectivity index (χ0v) is 10.8. The molecule has 3 heterocycles. The lowest BCUT2D eigenvalue weighted by molar-refractivity contribution is -0.172. The van der Waals surface area contributed by atoms with E-state index < -0.39 is 36.7 Å². The molecule has 2 N–H and O–H groups in total. The molecule has 108 valence electrons. The average molecular weight is 273 g/mol.